The van der Waals surface area contributed by atoms with Crippen molar-refractivity contribution >= 4 is 39.4 Å². The number of pyridine rings is 1. The van der Waals surface area contributed by atoms with E-state index in [2.05, 4.69) is 26.2 Å². The van der Waals surface area contributed by atoms with Crippen LogP contribution >= 0.6 is 27.5 Å². The molecular formula is C8H6BrClN2O3. The van der Waals surface area contributed by atoms with Gasteiger partial charge in [0, 0.05) is 6.20 Å². The SMILES string of the molecule is O=C(O)CNC(=O)c1cnc(Cl)c(Br)c1. The molecule has 1 amide bonds. The van der Waals surface area contributed by atoms with Gasteiger partial charge in [0.1, 0.15) is 11.7 Å². The molecule has 5 nitrogen and oxygen atoms in total. The van der Waals surface area contributed by atoms with Gasteiger partial charge < -0.3 is 10.4 Å². The molecule has 0 aliphatic rings. The lowest BCUT2D eigenvalue weighted by Crippen LogP contribution is -2.29. The number of nitrogens with one attached hydrogen (secondary N) is 1. The first-order chi connectivity index (χ1) is 7.00. The quantitative estimate of drug-likeness (QED) is 0.824. The number of rotatable bonds is 3. The molecule has 80 valence electrons. The number of hydrogen-bond acceptors (Lipinski definition) is 3. The van der Waals surface area contributed by atoms with E-state index in [4.69, 9.17) is 16.7 Å². The van der Waals surface area contributed by atoms with E-state index >= 15 is 0 Å². The number of carbonyl (C=O) groups excluding carboxylic acids is 1. The maximum atomic E-state index is 11.3. The van der Waals surface area contributed by atoms with Crippen LogP contribution in [0, 0.1) is 0 Å². The highest BCUT2D eigenvalue weighted by atomic mass is 79.9. The molecule has 1 rings (SSSR count). The number of amides is 1. The Balaban J connectivity index is 2.74. The Morgan fingerprint density at radius 3 is 2.80 bits per heavy atom. The van der Waals surface area contributed by atoms with Gasteiger partial charge in [0.2, 0.25) is 0 Å². The minimum atomic E-state index is -1.11. The summed E-state index contributed by atoms with van der Waals surface area (Å²) in [5.74, 6) is -1.62. The molecule has 0 aliphatic heterocycles. The van der Waals surface area contributed by atoms with Crippen molar-refractivity contribution in [3.05, 3.63) is 27.5 Å². The Morgan fingerprint density at radius 1 is 1.60 bits per heavy atom. The van der Waals surface area contributed by atoms with E-state index in [0.717, 1.165) is 0 Å². The van der Waals surface area contributed by atoms with Crippen LogP contribution in [0.15, 0.2) is 16.7 Å². The zero-order valence-corrected chi connectivity index (χ0v) is 9.67. The van der Waals surface area contributed by atoms with Crippen LogP contribution < -0.4 is 5.32 Å². The normalized spacial score (nSPS) is 9.73. The van der Waals surface area contributed by atoms with Gasteiger partial charge in [0.15, 0.2) is 0 Å². The summed E-state index contributed by atoms with van der Waals surface area (Å²) in [4.78, 5) is 25.3. The molecule has 2 N–H and O–H groups in total. The third-order valence-corrected chi connectivity index (χ3v) is 2.59. The molecule has 0 spiro atoms. The van der Waals surface area contributed by atoms with Crippen molar-refractivity contribution in [2.75, 3.05) is 6.54 Å². The molecule has 0 fully saturated rings. The Labute approximate surface area is 98.6 Å². The summed E-state index contributed by atoms with van der Waals surface area (Å²) in [7, 11) is 0. The van der Waals surface area contributed by atoms with Crippen molar-refractivity contribution in [3.63, 3.8) is 0 Å². The minimum Gasteiger partial charge on any atom is -0.480 e. The summed E-state index contributed by atoms with van der Waals surface area (Å²) in [6.45, 7) is -0.431. The predicted octanol–water partition coefficient (Wildman–Crippen LogP) is 1.31. The van der Waals surface area contributed by atoms with Gasteiger partial charge in [-0.2, -0.15) is 0 Å². The average molecular weight is 294 g/mol. The standard InChI is InChI=1S/C8H6BrClN2O3/c9-5-1-4(2-11-7(5)10)8(15)12-3-6(13)14/h1-2H,3H2,(H,12,15)(H,13,14). The lowest BCUT2D eigenvalue weighted by Gasteiger charge is -2.02. The Morgan fingerprint density at radius 2 is 2.27 bits per heavy atom. The van der Waals surface area contributed by atoms with Crippen LogP contribution in [-0.4, -0.2) is 28.5 Å². The molecule has 0 bridgehead atoms. The van der Waals surface area contributed by atoms with Crippen LogP contribution in [0.2, 0.25) is 5.15 Å². The summed E-state index contributed by atoms with van der Waals surface area (Å²) in [5.41, 5.74) is 0.243. The molecule has 0 radical (unpaired) electrons. The number of aliphatic carboxylic acids is 1. The number of halogens is 2. The molecule has 0 saturated carbocycles. The molecule has 1 aromatic rings. The van der Waals surface area contributed by atoms with Crippen molar-refractivity contribution in [2.45, 2.75) is 0 Å². The lowest BCUT2D eigenvalue weighted by atomic mass is 10.3. The van der Waals surface area contributed by atoms with Crippen LogP contribution in [-0.2, 0) is 4.79 Å². The summed E-state index contributed by atoms with van der Waals surface area (Å²) in [6.07, 6.45) is 1.27. The van der Waals surface area contributed by atoms with Crippen LogP contribution in [0.5, 0.6) is 0 Å². The fraction of sp³-hybridized carbons (Fsp3) is 0.125. The van der Waals surface area contributed by atoms with Gasteiger partial charge in [0.25, 0.3) is 5.91 Å². The highest BCUT2D eigenvalue weighted by Crippen LogP contribution is 2.20. The van der Waals surface area contributed by atoms with Gasteiger partial charge in [-0.05, 0) is 22.0 Å². The number of carboxylic acid groups (broad SMARTS) is 1. The van der Waals surface area contributed by atoms with Gasteiger partial charge in [-0.25, -0.2) is 4.98 Å². The van der Waals surface area contributed by atoms with E-state index in [-0.39, 0.29) is 10.7 Å². The van der Waals surface area contributed by atoms with Crippen LogP contribution in [0.1, 0.15) is 10.4 Å². The van der Waals surface area contributed by atoms with Crippen LogP contribution in [0.3, 0.4) is 0 Å². The Kier molecular flexibility index (Phi) is 4.05. The number of nitrogens with zero attached hydrogens (tertiary/aromatic N) is 1. The predicted molar refractivity (Wildman–Crippen MR) is 56.9 cm³/mol. The fourth-order valence-corrected chi connectivity index (χ4v) is 1.26. The molecule has 1 heterocycles. The van der Waals surface area contributed by atoms with Gasteiger partial charge in [-0.15, -0.1) is 0 Å². The topological polar surface area (TPSA) is 79.3 Å². The van der Waals surface area contributed by atoms with Crippen molar-refractivity contribution < 1.29 is 14.7 Å². The summed E-state index contributed by atoms with van der Waals surface area (Å²) < 4.78 is 0.479. The van der Waals surface area contributed by atoms with E-state index < -0.39 is 18.4 Å². The smallest absolute Gasteiger partial charge is 0.322 e. The van der Waals surface area contributed by atoms with E-state index in [1.807, 2.05) is 0 Å². The first-order valence-electron chi connectivity index (χ1n) is 3.81. The average Bonchev–Trinajstić information content (AvgIpc) is 2.18. The second kappa shape index (κ2) is 5.09. The third-order valence-electron chi connectivity index (χ3n) is 1.46. The second-order valence-corrected chi connectivity index (χ2v) is 3.79. The minimum absolute atomic E-state index is 0.241. The monoisotopic (exact) mass is 292 g/mol. The van der Waals surface area contributed by atoms with Gasteiger partial charge in [-0.3, -0.25) is 9.59 Å². The summed E-state index contributed by atoms with van der Waals surface area (Å²) >= 11 is 8.73. The number of hydrogen-bond donors (Lipinski definition) is 2. The zero-order chi connectivity index (χ0) is 11.4. The molecule has 0 aromatic carbocycles. The molecule has 0 aliphatic carbocycles. The van der Waals surface area contributed by atoms with Crippen LogP contribution in [0.4, 0.5) is 0 Å². The largest absolute Gasteiger partial charge is 0.480 e. The molecule has 15 heavy (non-hydrogen) atoms. The summed E-state index contributed by atoms with van der Waals surface area (Å²) in [6, 6.07) is 1.46. The first kappa shape index (κ1) is 11.9. The molecule has 0 unspecified atom stereocenters. The van der Waals surface area contributed by atoms with Gasteiger partial charge in [-0.1, -0.05) is 11.6 Å². The van der Waals surface area contributed by atoms with E-state index in [0.29, 0.717) is 4.47 Å². The number of carboxylic acids is 1. The van der Waals surface area contributed by atoms with Crippen molar-refractivity contribution in [3.8, 4) is 0 Å². The van der Waals surface area contributed by atoms with Crippen molar-refractivity contribution in [1.29, 1.82) is 0 Å². The van der Waals surface area contributed by atoms with Crippen molar-refractivity contribution in [2.24, 2.45) is 0 Å². The van der Waals surface area contributed by atoms with Crippen LogP contribution in [0.25, 0.3) is 0 Å². The summed E-state index contributed by atoms with van der Waals surface area (Å²) in [5, 5.41) is 10.8. The lowest BCUT2D eigenvalue weighted by molar-refractivity contribution is -0.135. The zero-order valence-electron chi connectivity index (χ0n) is 7.33. The third kappa shape index (κ3) is 3.49. The van der Waals surface area contributed by atoms with E-state index in [1.54, 1.807) is 0 Å². The highest BCUT2D eigenvalue weighted by molar-refractivity contribution is 9.10. The molecular weight excluding hydrogens is 287 g/mol. The Hall–Kier alpha value is -1.14. The van der Waals surface area contributed by atoms with Gasteiger partial charge in [0.05, 0.1) is 10.0 Å². The first-order valence-corrected chi connectivity index (χ1v) is 4.99. The molecule has 0 atom stereocenters. The van der Waals surface area contributed by atoms with Crippen molar-refractivity contribution in [1.82, 2.24) is 10.3 Å². The second-order valence-electron chi connectivity index (χ2n) is 2.57. The molecule has 7 heteroatoms. The number of aromatic nitrogens is 1. The number of carbonyl (C=O) groups is 2. The maximum Gasteiger partial charge on any atom is 0.322 e. The Bertz CT molecular complexity index is 411. The van der Waals surface area contributed by atoms with Gasteiger partial charge >= 0.3 is 5.97 Å². The van der Waals surface area contributed by atoms with E-state index in [1.165, 1.54) is 12.3 Å². The van der Waals surface area contributed by atoms with E-state index in [9.17, 15) is 9.59 Å². The maximum absolute atomic E-state index is 11.3. The molecule has 0 saturated heterocycles. The fourth-order valence-electron chi connectivity index (χ4n) is 0.803. The highest BCUT2D eigenvalue weighted by Gasteiger charge is 2.09. The molecule has 1 aromatic heterocycles.